The molecule has 0 bridgehead atoms. The predicted molar refractivity (Wildman–Crippen MR) is 90.5 cm³/mol. The Morgan fingerprint density at radius 2 is 1.96 bits per heavy atom. The molecule has 0 atom stereocenters. The van der Waals surface area contributed by atoms with Crippen molar-refractivity contribution in [1.82, 2.24) is 20.0 Å². The van der Waals surface area contributed by atoms with E-state index in [4.69, 9.17) is 0 Å². The Bertz CT molecular complexity index is 694. The summed E-state index contributed by atoms with van der Waals surface area (Å²) in [5.74, 6) is -0.217. The van der Waals surface area contributed by atoms with Crippen molar-refractivity contribution in [2.75, 3.05) is 37.6 Å². The van der Waals surface area contributed by atoms with E-state index < -0.39 is 0 Å². The van der Waals surface area contributed by atoms with Crippen LogP contribution in [0.2, 0.25) is 0 Å². The molecule has 2 heterocycles. The van der Waals surface area contributed by atoms with Crippen LogP contribution in [0.25, 0.3) is 0 Å². The van der Waals surface area contributed by atoms with Gasteiger partial charge >= 0.3 is 6.03 Å². The molecule has 24 heavy (non-hydrogen) atoms. The number of urea groups is 1. The van der Waals surface area contributed by atoms with Crippen molar-refractivity contribution in [3.8, 4) is 0 Å². The first-order valence-electron chi connectivity index (χ1n) is 8.14. The summed E-state index contributed by atoms with van der Waals surface area (Å²) in [5, 5.41) is 7.20. The predicted octanol–water partition coefficient (Wildman–Crippen LogP) is 1.63. The van der Waals surface area contributed by atoms with E-state index in [1.165, 1.54) is 6.07 Å². The van der Waals surface area contributed by atoms with Gasteiger partial charge in [-0.1, -0.05) is 12.1 Å². The number of nitrogens with one attached hydrogen (secondary N) is 1. The monoisotopic (exact) mass is 331 g/mol. The zero-order valence-corrected chi connectivity index (χ0v) is 13.8. The summed E-state index contributed by atoms with van der Waals surface area (Å²) in [6.45, 7) is 3.00. The molecule has 1 N–H and O–H groups in total. The maximum Gasteiger partial charge on any atom is 0.317 e. The Labute approximate surface area is 140 Å². The number of para-hydroxylation sites is 1. The van der Waals surface area contributed by atoms with Gasteiger partial charge in [0.15, 0.2) is 0 Å². The van der Waals surface area contributed by atoms with Gasteiger partial charge in [0.25, 0.3) is 0 Å². The molecule has 1 aliphatic rings. The van der Waals surface area contributed by atoms with E-state index in [2.05, 4.69) is 10.4 Å². The van der Waals surface area contributed by atoms with Crippen LogP contribution in [0.3, 0.4) is 0 Å². The fraction of sp³-hybridized carbons (Fsp3) is 0.412. The highest BCUT2D eigenvalue weighted by Gasteiger charge is 2.22. The molecule has 0 saturated carbocycles. The average molecular weight is 331 g/mol. The van der Waals surface area contributed by atoms with Crippen molar-refractivity contribution in [3.05, 3.63) is 48.0 Å². The summed E-state index contributed by atoms with van der Waals surface area (Å²) in [5.41, 5.74) is 1.56. The van der Waals surface area contributed by atoms with Crippen LogP contribution in [-0.2, 0) is 13.5 Å². The molecule has 1 aromatic carbocycles. The van der Waals surface area contributed by atoms with E-state index in [9.17, 15) is 9.18 Å². The zero-order chi connectivity index (χ0) is 16.9. The molecule has 0 radical (unpaired) electrons. The third kappa shape index (κ3) is 3.84. The second-order valence-electron chi connectivity index (χ2n) is 5.89. The lowest BCUT2D eigenvalue weighted by atomic mass is 10.2. The van der Waals surface area contributed by atoms with Crippen LogP contribution in [0, 0.1) is 5.82 Å². The van der Waals surface area contributed by atoms with Gasteiger partial charge in [-0.25, -0.2) is 9.18 Å². The summed E-state index contributed by atoms with van der Waals surface area (Å²) in [6, 6.07) is 8.63. The molecule has 128 valence electrons. The van der Waals surface area contributed by atoms with Gasteiger partial charge in [0.1, 0.15) is 5.82 Å². The van der Waals surface area contributed by atoms with Gasteiger partial charge < -0.3 is 15.1 Å². The third-order valence-electron chi connectivity index (χ3n) is 4.19. The fourth-order valence-corrected chi connectivity index (χ4v) is 2.86. The first kappa shape index (κ1) is 16.3. The number of carbonyl (C=O) groups is 1. The van der Waals surface area contributed by atoms with Crippen LogP contribution >= 0.6 is 0 Å². The molecule has 3 rings (SSSR count). The number of carbonyl (C=O) groups excluding carboxylic acids is 1. The smallest absolute Gasteiger partial charge is 0.317 e. The lowest BCUT2D eigenvalue weighted by molar-refractivity contribution is 0.194. The van der Waals surface area contributed by atoms with Gasteiger partial charge in [0.05, 0.1) is 11.4 Å². The lowest BCUT2D eigenvalue weighted by Crippen LogP contribution is -2.52. The highest BCUT2D eigenvalue weighted by atomic mass is 19.1. The number of aromatic nitrogens is 2. The Morgan fingerprint density at radius 3 is 2.62 bits per heavy atom. The number of halogens is 1. The van der Waals surface area contributed by atoms with E-state index in [0.717, 1.165) is 5.69 Å². The van der Waals surface area contributed by atoms with Gasteiger partial charge in [-0.3, -0.25) is 4.68 Å². The third-order valence-corrected chi connectivity index (χ3v) is 4.19. The van der Waals surface area contributed by atoms with Gasteiger partial charge in [0.2, 0.25) is 0 Å². The summed E-state index contributed by atoms with van der Waals surface area (Å²) >= 11 is 0. The van der Waals surface area contributed by atoms with E-state index in [1.807, 2.05) is 30.3 Å². The molecule has 0 spiro atoms. The maximum atomic E-state index is 13.8. The summed E-state index contributed by atoms with van der Waals surface area (Å²) in [7, 11) is 1.87. The van der Waals surface area contributed by atoms with Crippen molar-refractivity contribution in [2.45, 2.75) is 6.42 Å². The summed E-state index contributed by atoms with van der Waals surface area (Å²) in [4.78, 5) is 16.0. The number of rotatable bonds is 4. The van der Waals surface area contributed by atoms with Gasteiger partial charge in [-0.15, -0.1) is 0 Å². The van der Waals surface area contributed by atoms with Crippen LogP contribution in [0.4, 0.5) is 14.9 Å². The molecule has 0 unspecified atom stereocenters. The van der Waals surface area contributed by atoms with Crippen LogP contribution in [0.15, 0.2) is 36.5 Å². The Kier molecular flexibility index (Phi) is 4.98. The number of hydrogen-bond acceptors (Lipinski definition) is 3. The summed E-state index contributed by atoms with van der Waals surface area (Å²) < 4.78 is 15.6. The molecular weight excluding hydrogens is 309 g/mol. The van der Waals surface area contributed by atoms with E-state index >= 15 is 0 Å². The standard InChI is InChI=1S/C17H22FN5O/c1-21-9-7-14(20-21)6-8-19-17(24)23-12-10-22(11-13-23)16-5-3-2-4-15(16)18/h2-5,7,9H,6,8,10-13H2,1H3,(H,19,24). The topological polar surface area (TPSA) is 53.4 Å². The second-order valence-corrected chi connectivity index (χ2v) is 5.89. The van der Waals surface area contributed by atoms with Crippen LogP contribution in [0.1, 0.15) is 5.69 Å². The zero-order valence-electron chi connectivity index (χ0n) is 13.8. The molecule has 1 aliphatic heterocycles. The second kappa shape index (κ2) is 7.33. The van der Waals surface area contributed by atoms with Crippen molar-refractivity contribution < 1.29 is 9.18 Å². The van der Waals surface area contributed by atoms with Crippen molar-refractivity contribution in [2.24, 2.45) is 7.05 Å². The highest BCUT2D eigenvalue weighted by Crippen LogP contribution is 2.20. The molecule has 0 aliphatic carbocycles. The first-order valence-corrected chi connectivity index (χ1v) is 8.14. The molecular formula is C17H22FN5O. The van der Waals surface area contributed by atoms with E-state index in [0.29, 0.717) is 44.8 Å². The Balaban J connectivity index is 1.44. The largest absolute Gasteiger partial charge is 0.366 e. The van der Waals surface area contributed by atoms with Crippen LogP contribution < -0.4 is 10.2 Å². The highest BCUT2D eigenvalue weighted by molar-refractivity contribution is 5.74. The van der Waals surface area contributed by atoms with Gasteiger partial charge in [-0.2, -0.15) is 5.10 Å². The minimum Gasteiger partial charge on any atom is -0.366 e. The van der Waals surface area contributed by atoms with Crippen LogP contribution in [0.5, 0.6) is 0 Å². The molecule has 1 aromatic heterocycles. The number of benzene rings is 1. The molecule has 1 fully saturated rings. The SMILES string of the molecule is Cn1ccc(CCNC(=O)N2CCN(c3ccccc3F)CC2)n1. The maximum absolute atomic E-state index is 13.8. The summed E-state index contributed by atoms with van der Waals surface area (Å²) in [6.07, 6.45) is 2.60. The number of nitrogens with zero attached hydrogens (tertiary/aromatic N) is 4. The molecule has 6 nitrogen and oxygen atoms in total. The number of anilines is 1. The molecule has 1 saturated heterocycles. The Morgan fingerprint density at radius 1 is 1.21 bits per heavy atom. The van der Waals surface area contributed by atoms with Crippen LogP contribution in [-0.4, -0.2) is 53.4 Å². The number of aryl methyl sites for hydroxylation is 1. The van der Waals surface area contributed by atoms with E-state index in [1.54, 1.807) is 21.7 Å². The quantitative estimate of drug-likeness (QED) is 0.926. The molecule has 7 heteroatoms. The fourth-order valence-electron chi connectivity index (χ4n) is 2.86. The van der Waals surface area contributed by atoms with Gasteiger partial charge in [0, 0.05) is 52.4 Å². The van der Waals surface area contributed by atoms with Crippen molar-refractivity contribution in [1.29, 1.82) is 0 Å². The number of amides is 2. The number of hydrogen-bond donors (Lipinski definition) is 1. The molecule has 2 amide bonds. The minimum atomic E-state index is -0.217. The minimum absolute atomic E-state index is 0.0703. The van der Waals surface area contributed by atoms with Crippen molar-refractivity contribution >= 4 is 11.7 Å². The number of piperazine rings is 1. The first-order chi connectivity index (χ1) is 11.6. The Hall–Kier alpha value is -2.57. The average Bonchev–Trinajstić information content (AvgIpc) is 3.01. The van der Waals surface area contributed by atoms with Gasteiger partial charge in [-0.05, 0) is 18.2 Å². The van der Waals surface area contributed by atoms with Crippen molar-refractivity contribution in [3.63, 3.8) is 0 Å². The van der Waals surface area contributed by atoms with E-state index in [-0.39, 0.29) is 11.8 Å². The normalized spacial score (nSPS) is 14.8. The molecule has 2 aromatic rings. The lowest BCUT2D eigenvalue weighted by Gasteiger charge is -2.36.